The molecule has 0 amide bonds. The lowest BCUT2D eigenvalue weighted by Gasteiger charge is -2.13. The van der Waals surface area contributed by atoms with E-state index in [0.717, 1.165) is 29.0 Å². The molecule has 3 nitrogen and oxygen atoms in total. The van der Waals surface area contributed by atoms with Gasteiger partial charge >= 0.3 is 0 Å². The summed E-state index contributed by atoms with van der Waals surface area (Å²) in [5.74, 6) is 1.07. The zero-order valence-electron chi connectivity index (χ0n) is 12.1. The maximum Gasteiger partial charge on any atom is 0.114 e. The molecule has 0 fully saturated rings. The van der Waals surface area contributed by atoms with Crippen molar-refractivity contribution in [3.05, 3.63) is 53.3 Å². The van der Waals surface area contributed by atoms with Crippen molar-refractivity contribution in [3.63, 3.8) is 0 Å². The number of anilines is 1. The Labute approximate surface area is 119 Å². The zero-order chi connectivity index (χ0) is 14.3. The maximum atomic E-state index is 5.87. The Balaban J connectivity index is 2.37. The van der Waals surface area contributed by atoms with E-state index in [9.17, 15) is 0 Å². The number of nitrogens with two attached hydrogens (primary N) is 1. The van der Waals surface area contributed by atoms with Gasteiger partial charge in [0.15, 0.2) is 0 Å². The van der Waals surface area contributed by atoms with Gasteiger partial charge in [0.1, 0.15) is 5.82 Å². The Hall–Kier alpha value is -2.29. The summed E-state index contributed by atoms with van der Waals surface area (Å²) < 4.78 is 2.25. The first-order valence-electron chi connectivity index (χ1n) is 6.95. The molecule has 102 valence electrons. The molecule has 0 saturated heterocycles. The second-order valence-electron chi connectivity index (χ2n) is 5.18. The topological polar surface area (TPSA) is 43.8 Å². The van der Waals surface area contributed by atoms with E-state index in [0.29, 0.717) is 0 Å². The molecule has 2 N–H and O–H groups in total. The highest BCUT2D eigenvalue weighted by molar-refractivity contribution is 5.82. The Kier molecular flexibility index (Phi) is 2.97. The first-order valence-corrected chi connectivity index (χ1v) is 6.95. The normalized spacial score (nSPS) is 11.2. The Morgan fingerprint density at radius 3 is 2.70 bits per heavy atom. The van der Waals surface area contributed by atoms with E-state index in [4.69, 9.17) is 10.7 Å². The molecule has 1 aromatic heterocycles. The summed E-state index contributed by atoms with van der Waals surface area (Å²) in [5.41, 5.74) is 12.5. The second-order valence-corrected chi connectivity index (χ2v) is 5.18. The first-order chi connectivity index (χ1) is 9.61. The molecule has 3 rings (SSSR count). The number of aromatic nitrogens is 2. The quantitative estimate of drug-likeness (QED) is 0.716. The van der Waals surface area contributed by atoms with Crippen LogP contribution in [-0.2, 0) is 6.42 Å². The lowest BCUT2D eigenvalue weighted by atomic mass is 10.1. The van der Waals surface area contributed by atoms with Gasteiger partial charge in [-0.2, -0.15) is 0 Å². The minimum absolute atomic E-state index is 0.755. The molecule has 0 bridgehead atoms. The van der Waals surface area contributed by atoms with Gasteiger partial charge in [-0.05, 0) is 49.2 Å². The van der Waals surface area contributed by atoms with E-state index in [1.807, 2.05) is 12.1 Å². The Morgan fingerprint density at radius 2 is 1.95 bits per heavy atom. The molecule has 0 aliphatic carbocycles. The second kappa shape index (κ2) is 4.67. The summed E-state index contributed by atoms with van der Waals surface area (Å²) in [7, 11) is 0. The summed E-state index contributed by atoms with van der Waals surface area (Å²) in [4.78, 5) is 4.72. The molecule has 0 saturated carbocycles. The molecule has 1 heterocycles. The van der Waals surface area contributed by atoms with Crippen molar-refractivity contribution < 1.29 is 0 Å². The van der Waals surface area contributed by atoms with Gasteiger partial charge in [0.25, 0.3) is 0 Å². The number of hydrogen-bond donors (Lipinski definition) is 1. The largest absolute Gasteiger partial charge is 0.399 e. The molecular formula is C17H19N3. The number of fused-ring (bicyclic) bond motifs is 1. The minimum Gasteiger partial charge on any atom is -0.399 e. The number of nitrogens with zero attached hydrogens (tertiary/aromatic N) is 2. The summed E-state index contributed by atoms with van der Waals surface area (Å²) in [6.07, 6.45) is 0.891. The number of hydrogen-bond acceptors (Lipinski definition) is 2. The minimum atomic E-state index is 0.755. The summed E-state index contributed by atoms with van der Waals surface area (Å²) in [6.45, 7) is 6.43. The number of aryl methyl sites for hydroxylation is 2. The third-order valence-electron chi connectivity index (χ3n) is 3.88. The number of rotatable bonds is 2. The number of imidazole rings is 1. The first kappa shape index (κ1) is 12.7. The Bertz CT molecular complexity index is 784. The standard InChI is InChI=1S/C17H19N3/c1-4-17-19-14-10-13(18)8-9-16(14)20(17)15-7-5-6-11(2)12(15)3/h5-10H,4,18H2,1-3H3. The fourth-order valence-electron chi connectivity index (χ4n) is 2.63. The highest BCUT2D eigenvalue weighted by Crippen LogP contribution is 2.26. The highest BCUT2D eigenvalue weighted by atomic mass is 15.1. The van der Waals surface area contributed by atoms with Crippen LogP contribution in [0.3, 0.4) is 0 Å². The van der Waals surface area contributed by atoms with E-state index < -0.39 is 0 Å². The van der Waals surface area contributed by atoms with E-state index in [1.54, 1.807) is 0 Å². The van der Waals surface area contributed by atoms with Crippen molar-refractivity contribution >= 4 is 16.7 Å². The van der Waals surface area contributed by atoms with Crippen LogP contribution in [0.1, 0.15) is 23.9 Å². The van der Waals surface area contributed by atoms with Crippen LogP contribution in [0, 0.1) is 13.8 Å². The van der Waals surface area contributed by atoms with Gasteiger partial charge in [-0.15, -0.1) is 0 Å². The van der Waals surface area contributed by atoms with Crippen LogP contribution < -0.4 is 5.73 Å². The molecule has 0 aliphatic heterocycles. The molecule has 0 radical (unpaired) electrons. The van der Waals surface area contributed by atoms with Gasteiger partial charge in [0.2, 0.25) is 0 Å². The van der Waals surface area contributed by atoms with Gasteiger partial charge in [0, 0.05) is 12.1 Å². The zero-order valence-corrected chi connectivity index (χ0v) is 12.1. The smallest absolute Gasteiger partial charge is 0.114 e. The van der Waals surface area contributed by atoms with Crippen LogP contribution in [0.4, 0.5) is 5.69 Å². The molecule has 0 spiro atoms. The van der Waals surface area contributed by atoms with Crippen LogP contribution in [0.2, 0.25) is 0 Å². The van der Waals surface area contributed by atoms with Crippen molar-refractivity contribution in [2.45, 2.75) is 27.2 Å². The van der Waals surface area contributed by atoms with Crippen molar-refractivity contribution in [1.29, 1.82) is 0 Å². The van der Waals surface area contributed by atoms with E-state index >= 15 is 0 Å². The van der Waals surface area contributed by atoms with Crippen LogP contribution in [0.25, 0.3) is 16.7 Å². The van der Waals surface area contributed by atoms with E-state index in [1.165, 1.54) is 16.8 Å². The van der Waals surface area contributed by atoms with E-state index in [2.05, 4.69) is 49.6 Å². The molecule has 20 heavy (non-hydrogen) atoms. The van der Waals surface area contributed by atoms with Gasteiger partial charge in [0.05, 0.1) is 16.7 Å². The number of benzene rings is 2. The van der Waals surface area contributed by atoms with Crippen LogP contribution in [-0.4, -0.2) is 9.55 Å². The average Bonchev–Trinajstić information content (AvgIpc) is 2.79. The van der Waals surface area contributed by atoms with Gasteiger partial charge < -0.3 is 5.73 Å². The maximum absolute atomic E-state index is 5.87. The summed E-state index contributed by atoms with van der Waals surface area (Å²) in [6, 6.07) is 12.3. The van der Waals surface area contributed by atoms with Gasteiger partial charge in [-0.1, -0.05) is 19.1 Å². The highest BCUT2D eigenvalue weighted by Gasteiger charge is 2.13. The van der Waals surface area contributed by atoms with Crippen LogP contribution >= 0.6 is 0 Å². The molecule has 3 aromatic rings. The predicted molar refractivity (Wildman–Crippen MR) is 84.3 cm³/mol. The summed E-state index contributed by atoms with van der Waals surface area (Å²) in [5, 5.41) is 0. The monoisotopic (exact) mass is 265 g/mol. The Morgan fingerprint density at radius 1 is 1.15 bits per heavy atom. The third kappa shape index (κ3) is 1.86. The molecular weight excluding hydrogens is 246 g/mol. The van der Waals surface area contributed by atoms with Crippen molar-refractivity contribution in [3.8, 4) is 5.69 Å². The molecule has 0 atom stereocenters. The third-order valence-corrected chi connectivity index (χ3v) is 3.88. The fraction of sp³-hybridized carbons (Fsp3) is 0.235. The fourth-order valence-corrected chi connectivity index (χ4v) is 2.63. The van der Waals surface area contributed by atoms with E-state index in [-0.39, 0.29) is 0 Å². The molecule has 2 aromatic carbocycles. The van der Waals surface area contributed by atoms with Crippen LogP contribution in [0.15, 0.2) is 36.4 Å². The lowest BCUT2D eigenvalue weighted by molar-refractivity contribution is 0.901. The van der Waals surface area contributed by atoms with Crippen molar-refractivity contribution in [2.24, 2.45) is 0 Å². The molecule has 0 aliphatic rings. The average molecular weight is 265 g/mol. The predicted octanol–water partition coefficient (Wildman–Crippen LogP) is 3.79. The molecule has 0 unspecified atom stereocenters. The SMILES string of the molecule is CCc1nc2cc(N)ccc2n1-c1cccc(C)c1C. The molecule has 3 heteroatoms. The van der Waals surface area contributed by atoms with Crippen molar-refractivity contribution in [1.82, 2.24) is 9.55 Å². The van der Waals surface area contributed by atoms with Gasteiger partial charge in [-0.3, -0.25) is 4.57 Å². The summed E-state index contributed by atoms with van der Waals surface area (Å²) >= 11 is 0. The van der Waals surface area contributed by atoms with Crippen molar-refractivity contribution in [2.75, 3.05) is 5.73 Å². The van der Waals surface area contributed by atoms with Gasteiger partial charge in [-0.25, -0.2) is 4.98 Å². The van der Waals surface area contributed by atoms with Crippen LogP contribution in [0.5, 0.6) is 0 Å². The number of nitrogen functional groups attached to an aromatic ring is 1. The lowest BCUT2D eigenvalue weighted by Crippen LogP contribution is -2.03.